The normalized spacial score (nSPS) is 12.1. The molecule has 0 aliphatic heterocycles. The first-order chi connectivity index (χ1) is 10.1. The lowest BCUT2D eigenvalue weighted by molar-refractivity contribution is -0.154. The second-order valence-corrected chi connectivity index (χ2v) is 5.15. The zero-order valence-corrected chi connectivity index (χ0v) is 13.1. The van der Waals surface area contributed by atoms with E-state index in [4.69, 9.17) is 9.47 Å². The average Bonchev–Trinajstić information content (AvgIpc) is 2.48. The summed E-state index contributed by atoms with van der Waals surface area (Å²) in [5, 5.41) is 0. The van der Waals surface area contributed by atoms with Gasteiger partial charge in [0.2, 0.25) is 0 Å². The van der Waals surface area contributed by atoms with E-state index in [2.05, 4.69) is 15.9 Å². The lowest BCUT2D eigenvalue weighted by atomic mass is 10.2. The third-order valence-electron chi connectivity index (χ3n) is 2.61. The molecule has 21 heavy (non-hydrogen) atoms. The van der Waals surface area contributed by atoms with Gasteiger partial charge < -0.3 is 9.47 Å². The minimum atomic E-state index is -0.776. The van der Waals surface area contributed by atoms with E-state index in [0.717, 1.165) is 10.0 Å². The number of benzene rings is 2. The number of ether oxygens (including phenoxy) is 2. The topological polar surface area (TPSA) is 35.5 Å². The molecule has 0 bridgehead atoms. The van der Waals surface area contributed by atoms with Gasteiger partial charge in [-0.1, -0.05) is 48.5 Å². The Morgan fingerprint density at radius 2 is 1.76 bits per heavy atom. The molecule has 0 amide bonds. The van der Waals surface area contributed by atoms with Crippen molar-refractivity contribution in [2.45, 2.75) is 13.2 Å². The van der Waals surface area contributed by atoms with E-state index in [0.29, 0.717) is 5.75 Å². The van der Waals surface area contributed by atoms with Gasteiger partial charge in [-0.3, -0.25) is 4.79 Å². The smallest absolute Gasteiger partial charge is 0.305 e. The van der Waals surface area contributed by atoms with Crippen molar-refractivity contribution in [3.05, 3.63) is 70.7 Å². The summed E-state index contributed by atoms with van der Waals surface area (Å²) < 4.78 is 11.7. The van der Waals surface area contributed by atoms with Gasteiger partial charge in [0, 0.05) is 6.92 Å². The molecule has 0 heterocycles. The number of halogens is 1. The van der Waals surface area contributed by atoms with Crippen LogP contribution < -0.4 is 4.74 Å². The molecule has 4 heteroatoms. The molecule has 0 saturated carbocycles. The molecule has 2 aromatic carbocycles. The first-order valence-electron chi connectivity index (χ1n) is 6.47. The van der Waals surface area contributed by atoms with Gasteiger partial charge in [-0.25, -0.2) is 0 Å². The van der Waals surface area contributed by atoms with E-state index < -0.39 is 12.3 Å². The highest BCUT2D eigenvalue weighted by Gasteiger charge is 2.11. The minimum Gasteiger partial charge on any atom is -0.450 e. The predicted octanol–water partition coefficient (Wildman–Crippen LogP) is 4.43. The number of rotatable bonds is 5. The number of hydrogen-bond acceptors (Lipinski definition) is 3. The highest BCUT2D eigenvalue weighted by atomic mass is 79.9. The van der Waals surface area contributed by atoms with Crippen LogP contribution in [-0.4, -0.2) is 12.3 Å². The Labute approximate surface area is 132 Å². The van der Waals surface area contributed by atoms with Crippen molar-refractivity contribution in [1.29, 1.82) is 0 Å². The molecule has 0 aromatic heterocycles. The van der Waals surface area contributed by atoms with Crippen LogP contribution in [0.1, 0.15) is 12.5 Å². The van der Waals surface area contributed by atoms with Gasteiger partial charge in [0.15, 0.2) is 0 Å². The second kappa shape index (κ2) is 7.64. The summed E-state index contributed by atoms with van der Waals surface area (Å²) in [7, 11) is 0. The van der Waals surface area contributed by atoms with Gasteiger partial charge in [0.05, 0.1) is 4.47 Å². The maximum Gasteiger partial charge on any atom is 0.305 e. The van der Waals surface area contributed by atoms with Crippen LogP contribution in [-0.2, 0) is 9.53 Å². The molecule has 2 rings (SSSR count). The summed E-state index contributed by atoms with van der Waals surface area (Å²) >= 11 is 3.40. The van der Waals surface area contributed by atoms with Crippen LogP contribution in [0.3, 0.4) is 0 Å². The molecule has 3 nitrogen and oxygen atoms in total. The van der Waals surface area contributed by atoms with Crippen LogP contribution in [0.2, 0.25) is 0 Å². The first kappa shape index (κ1) is 15.3. The lowest BCUT2D eigenvalue weighted by Gasteiger charge is -2.16. The van der Waals surface area contributed by atoms with Gasteiger partial charge in [-0.05, 0) is 39.7 Å². The molecular weight excluding hydrogens is 332 g/mol. The first-order valence-corrected chi connectivity index (χ1v) is 7.26. The highest BCUT2D eigenvalue weighted by molar-refractivity contribution is 9.10. The fourth-order valence-corrected chi connectivity index (χ4v) is 2.06. The van der Waals surface area contributed by atoms with E-state index in [-0.39, 0.29) is 0 Å². The summed E-state index contributed by atoms with van der Waals surface area (Å²) in [6.07, 6.45) is 2.78. The fraction of sp³-hybridized carbons (Fsp3) is 0.118. The Balaban J connectivity index is 2.13. The number of hydrogen-bond donors (Lipinski definition) is 0. The van der Waals surface area contributed by atoms with Crippen LogP contribution in [0.15, 0.2) is 65.1 Å². The summed E-state index contributed by atoms with van der Waals surface area (Å²) in [6.45, 7) is 1.35. The van der Waals surface area contributed by atoms with Gasteiger partial charge >= 0.3 is 5.97 Å². The Hall–Kier alpha value is -2.07. The monoisotopic (exact) mass is 346 g/mol. The van der Waals surface area contributed by atoms with E-state index >= 15 is 0 Å². The molecule has 0 radical (unpaired) electrons. The van der Waals surface area contributed by atoms with Crippen LogP contribution in [0.5, 0.6) is 5.75 Å². The average molecular weight is 347 g/mol. The summed E-state index contributed by atoms with van der Waals surface area (Å²) in [5.41, 5.74) is 1.00. The zero-order valence-electron chi connectivity index (χ0n) is 11.5. The standard InChI is InChI=1S/C17H15BrO3/c1-13(19)20-17(12-11-14-7-3-2-4-8-14)21-16-10-6-5-9-15(16)18/h2-12,17H,1H3/b12-11+. The summed E-state index contributed by atoms with van der Waals surface area (Å²) in [5.74, 6) is 0.214. The van der Waals surface area contributed by atoms with E-state index in [1.807, 2.05) is 54.6 Å². The maximum absolute atomic E-state index is 11.2. The van der Waals surface area contributed by atoms with Gasteiger partial charge in [0.1, 0.15) is 5.75 Å². The molecule has 1 atom stereocenters. The number of para-hydroxylation sites is 1. The van der Waals surface area contributed by atoms with E-state index in [1.165, 1.54) is 6.92 Å². The molecular formula is C17H15BrO3. The van der Waals surface area contributed by atoms with Crippen molar-refractivity contribution in [2.75, 3.05) is 0 Å². The summed E-state index contributed by atoms with van der Waals surface area (Å²) in [4.78, 5) is 11.2. The Bertz CT molecular complexity index is 623. The Morgan fingerprint density at radius 1 is 1.10 bits per heavy atom. The number of carbonyl (C=O) groups excluding carboxylic acids is 1. The Kier molecular flexibility index (Phi) is 5.58. The van der Waals surface area contributed by atoms with Gasteiger partial charge in [-0.15, -0.1) is 0 Å². The molecule has 1 unspecified atom stereocenters. The van der Waals surface area contributed by atoms with Crippen molar-refractivity contribution in [3.8, 4) is 5.75 Å². The third kappa shape index (κ3) is 5.08. The SMILES string of the molecule is CC(=O)OC(/C=C/c1ccccc1)Oc1ccccc1Br. The minimum absolute atomic E-state index is 0.398. The van der Waals surface area contributed by atoms with Crippen LogP contribution in [0.25, 0.3) is 6.08 Å². The molecule has 0 saturated heterocycles. The van der Waals surface area contributed by atoms with Crippen LogP contribution in [0, 0.1) is 0 Å². The fourth-order valence-electron chi connectivity index (χ4n) is 1.69. The molecule has 108 valence electrons. The Morgan fingerprint density at radius 3 is 2.43 bits per heavy atom. The van der Waals surface area contributed by atoms with Crippen molar-refractivity contribution in [3.63, 3.8) is 0 Å². The maximum atomic E-state index is 11.2. The molecule has 0 spiro atoms. The van der Waals surface area contributed by atoms with E-state index in [9.17, 15) is 4.79 Å². The van der Waals surface area contributed by atoms with Gasteiger partial charge in [0.25, 0.3) is 6.29 Å². The number of esters is 1. The molecule has 0 N–H and O–H groups in total. The van der Waals surface area contributed by atoms with Crippen molar-refractivity contribution < 1.29 is 14.3 Å². The lowest BCUT2D eigenvalue weighted by Crippen LogP contribution is -2.20. The highest BCUT2D eigenvalue weighted by Crippen LogP contribution is 2.25. The largest absolute Gasteiger partial charge is 0.450 e. The van der Waals surface area contributed by atoms with Crippen molar-refractivity contribution in [1.82, 2.24) is 0 Å². The quantitative estimate of drug-likeness (QED) is 0.593. The van der Waals surface area contributed by atoms with E-state index in [1.54, 1.807) is 12.1 Å². The number of carbonyl (C=O) groups is 1. The van der Waals surface area contributed by atoms with Crippen molar-refractivity contribution >= 4 is 28.0 Å². The molecule has 2 aromatic rings. The third-order valence-corrected chi connectivity index (χ3v) is 3.26. The molecule has 0 fully saturated rings. The predicted molar refractivity (Wildman–Crippen MR) is 85.8 cm³/mol. The molecule has 0 aliphatic rings. The van der Waals surface area contributed by atoms with Crippen LogP contribution >= 0.6 is 15.9 Å². The zero-order chi connectivity index (χ0) is 15.1. The second-order valence-electron chi connectivity index (χ2n) is 4.30. The summed E-state index contributed by atoms with van der Waals surface area (Å²) in [6, 6.07) is 17.1. The van der Waals surface area contributed by atoms with Gasteiger partial charge in [-0.2, -0.15) is 0 Å². The molecule has 0 aliphatic carbocycles. The van der Waals surface area contributed by atoms with Crippen molar-refractivity contribution in [2.24, 2.45) is 0 Å². The van der Waals surface area contributed by atoms with Crippen LogP contribution in [0.4, 0.5) is 0 Å².